The molecule has 1 aliphatic carbocycles. The molecule has 4 aromatic rings. The van der Waals surface area contributed by atoms with Crippen molar-refractivity contribution in [2.45, 2.75) is 57.0 Å². The lowest BCUT2D eigenvalue weighted by atomic mass is 9.98. The molecule has 254 valence electrons. The van der Waals surface area contributed by atoms with E-state index < -0.39 is 18.1 Å². The number of hydrogen-bond donors (Lipinski definition) is 4. The number of benzene rings is 4. The number of unbranched alkanes of at least 4 members (excludes halogenated alkanes) is 1. The molecule has 0 unspecified atom stereocenters. The monoisotopic (exact) mass is 773 g/mol. The van der Waals surface area contributed by atoms with Crippen molar-refractivity contribution in [1.82, 2.24) is 16.0 Å². The van der Waals surface area contributed by atoms with E-state index in [1.54, 1.807) is 12.1 Å². The van der Waals surface area contributed by atoms with Gasteiger partial charge in [-0.1, -0.05) is 72.8 Å². The highest BCUT2D eigenvalue weighted by atomic mass is 127. The lowest BCUT2D eigenvalue weighted by Gasteiger charge is -2.17. The number of amides is 3. The SMILES string of the molecule is O=C(CCCc1ccc(I)cc1)NCc1ccc(C(=O)NCCCC[C@H](NC(=O)OCC2c3ccccc3-c3ccccc32)C(=O)O)cc1. The second-order valence-corrected chi connectivity index (χ2v) is 13.3. The smallest absolute Gasteiger partial charge is 0.407 e. The number of carboxylic acids is 1. The summed E-state index contributed by atoms with van der Waals surface area (Å²) in [5.41, 5.74) is 6.98. The van der Waals surface area contributed by atoms with E-state index in [2.05, 4.69) is 62.8 Å². The maximum Gasteiger partial charge on any atom is 0.407 e. The Morgan fingerprint density at radius 3 is 2.04 bits per heavy atom. The largest absolute Gasteiger partial charge is 0.480 e. The molecule has 49 heavy (non-hydrogen) atoms. The lowest BCUT2D eigenvalue weighted by Crippen LogP contribution is -2.41. The summed E-state index contributed by atoms with van der Waals surface area (Å²) in [7, 11) is 0. The van der Waals surface area contributed by atoms with Gasteiger partial charge >= 0.3 is 12.1 Å². The number of carbonyl (C=O) groups is 4. The quantitative estimate of drug-likeness (QED) is 0.0730. The van der Waals surface area contributed by atoms with Crippen LogP contribution in [0.1, 0.15) is 70.6 Å². The van der Waals surface area contributed by atoms with Crippen LogP contribution >= 0.6 is 22.6 Å². The van der Waals surface area contributed by atoms with Gasteiger partial charge in [0, 0.05) is 34.6 Å². The van der Waals surface area contributed by atoms with Gasteiger partial charge < -0.3 is 25.8 Å². The number of hydrogen-bond acceptors (Lipinski definition) is 5. The molecule has 3 amide bonds. The molecule has 0 radical (unpaired) electrons. The van der Waals surface area contributed by atoms with Gasteiger partial charge in [0.15, 0.2) is 0 Å². The molecule has 9 nitrogen and oxygen atoms in total. The van der Waals surface area contributed by atoms with E-state index >= 15 is 0 Å². The van der Waals surface area contributed by atoms with Gasteiger partial charge in [-0.05, 0) is 112 Å². The molecule has 1 atom stereocenters. The van der Waals surface area contributed by atoms with E-state index in [4.69, 9.17) is 4.74 Å². The number of alkyl carbamates (subject to hydrolysis) is 1. The van der Waals surface area contributed by atoms with E-state index in [1.165, 1.54) is 9.13 Å². The molecule has 0 bridgehead atoms. The highest BCUT2D eigenvalue weighted by Gasteiger charge is 2.29. The molecule has 0 fully saturated rings. The van der Waals surface area contributed by atoms with Crippen molar-refractivity contribution in [3.63, 3.8) is 0 Å². The third kappa shape index (κ3) is 10.1. The Kier molecular flexibility index (Phi) is 12.8. The van der Waals surface area contributed by atoms with Crippen molar-refractivity contribution in [2.75, 3.05) is 13.2 Å². The summed E-state index contributed by atoms with van der Waals surface area (Å²) in [5.74, 6) is -1.51. The summed E-state index contributed by atoms with van der Waals surface area (Å²) in [4.78, 5) is 49.3. The maximum absolute atomic E-state index is 12.6. The second kappa shape index (κ2) is 17.6. The van der Waals surface area contributed by atoms with Crippen LogP contribution in [0.25, 0.3) is 11.1 Å². The van der Waals surface area contributed by atoms with Crippen LogP contribution in [-0.4, -0.2) is 48.2 Å². The fourth-order valence-electron chi connectivity index (χ4n) is 5.98. The van der Waals surface area contributed by atoms with Crippen molar-refractivity contribution >= 4 is 46.5 Å². The molecule has 5 rings (SSSR count). The number of carbonyl (C=O) groups excluding carboxylic acids is 3. The molecule has 10 heteroatoms. The minimum absolute atomic E-state index is 0.00838. The number of rotatable bonds is 16. The van der Waals surface area contributed by atoms with Gasteiger partial charge in [0.25, 0.3) is 5.91 Å². The van der Waals surface area contributed by atoms with Crippen LogP contribution in [0, 0.1) is 3.57 Å². The normalized spacial score (nSPS) is 12.3. The zero-order valence-electron chi connectivity index (χ0n) is 27.1. The van der Waals surface area contributed by atoms with Crippen LogP contribution in [0.4, 0.5) is 4.79 Å². The van der Waals surface area contributed by atoms with Crippen LogP contribution < -0.4 is 16.0 Å². The first-order valence-corrected chi connectivity index (χ1v) is 17.6. The van der Waals surface area contributed by atoms with Gasteiger partial charge in [-0.25, -0.2) is 9.59 Å². The summed E-state index contributed by atoms with van der Waals surface area (Å²) in [6.07, 6.45) is 2.51. The molecule has 1 aliphatic rings. The van der Waals surface area contributed by atoms with E-state index in [1.807, 2.05) is 60.7 Å². The van der Waals surface area contributed by atoms with Gasteiger partial charge in [0.2, 0.25) is 5.91 Å². The zero-order chi connectivity index (χ0) is 34.6. The summed E-state index contributed by atoms with van der Waals surface area (Å²) < 4.78 is 6.69. The Hall–Kier alpha value is -4.71. The number of carboxylic acid groups (broad SMARTS) is 1. The highest BCUT2D eigenvalue weighted by molar-refractivity contribution is 14.1. The first-order chi connectivity index (χ1) is 23.8. The van der Waals surface area contributed by atoms with Crippen LogP contribution in [-0.2, 0) is 27.3 Å². The molecular formula is C39H40IN3O6. The number of halogens is 1. The number of aliphatic carboxylic acids is 1. The van der Waals surface area contributed by atoms with Gasteiger partial charge in [-0.3, -0.25) is 9.59 Å². The number of fused-ring (bicyclic) bond motifs is 3. The standard InChI is InChI=1S/C39H40IN3O6/c40-29-21-17-26(18-22-29)8-7-14-36(44)42-24-27-15-19-28(20-16-27)37(45)41-23-6-5-13-35(38(46)47)43-39(48)49-25-34-32-11-3-1-9-30(32)31-10-2-4-12-33(31)34/h1-4,9-12,15-22,34-35H,5-8,13-14,23-25H2,(H,41,45)(H,42,44)(H,43,48)(H,46,47)/t35-/m0/s1. The fraction of sp³-hybridized carbons (Fsp3) is 0.282. The minimum Gasteiger partial charge on any atom is -0.480 e. The van der Waals surface area contributed by atoms with Crippen LogP contribution in [0.5, 0.6) is 0 Å². The van der Waals surface area contributed by atoms with Crippen molar-refractivity contribution in [2.24, 2.45) is 0 Å². The topological polar surface area (TPSA) is 134 Å². The van der Waals surface area contributed by atoms with E-state index in [0.29, 0.717) is 37.9 Å². The summed E-state index contributed by atoms with van der Waals surface area (Å²) in [5, 5.41) is 17.9. The molecule has 4 N–H and O–H groups in total. The summed E-state index contributed by atoms with van der Waals surface area (Å²) >= 11 is 2.27. The molecular weight excluding hydrogens is 733 g/mol. The van der Waals surface area contributed by atoms with Gasteiger partial charge in [-0.2, -0.15) is 0 Å². The highest BCUT2D eigenvalue weighted by Crippen LogP contribution is 2.44. The molecule has 0 saturated carbocycles. The average molecular weight is 774 g/mol. The first-order valence-electron chi connectivity index (χ1n) is 16.5. The molecule has 0 aromatic heterocycles. The number of aryl methyl sites for hydroxylation is 1. The van der Waals surface area contributed by atoms with E-state index in [9.17, 15) is 24.3 Å². The van der Waals surface area contributed by atoms with Crippen LogP contribution in [0.15, 0.2) is 97.1 Å². The third-order valence-corrected chi connectivity index (χ3v) is 9.35. The molecule has 0 aliphatic heterocycles. The molecule has 0 saturated heterocycles. The Bertz CT molecular complexity index is 1710. The van der Waals surface area contributed by atoms with E-state index in [-0.39, 0.29) is 30.8 Å². The summed E-state index contributed by atoms with van der Waals surface area (Å²) in [6.45, 7) is 0.845. The average Bonchev–Trinajstić information content (AvgIpc) is 3.43. The minimum atomic E-state index is -1.14. The van der Waals surface area contributed by atoms with Crippen LogP contribution in [0.3, 0.4) is 0 Å². The predicted molar refractivity (Wildman–Crippen MR) is 196 cm³/mol. The van der Waals surface area contributed by atoms with Gasteiger partial charge in [-0.15, -0.1) is 0 Å². The number of ether oxygens (including phenoxy) is 1. The van der Waals surface area contributed by atoms with Crippen molar-refractivity contribution in [1.29, 1.82) is 0 Å². The van der Waals surface area contributed by atoms with Gasteiger partial charge in [0.1, 0.15) is 12.6 Å². The first kappa shape index (κ1) is 35.6. The molecule has 0 spiro atoms. The molecule has 4 aromatic carbocycles. The molecule has 0 heterocycles. The van der Waals surface area contributed by atoms with Crippen LogP contribution in [0.2, 0.25) is 0 Å². The third-order valence-electron chi connectivity index (χ3n) is 8.63. The van der Waals surface area contributed by atoms with Crippen molar-refractivity contribution in [3.8, 4) is 11.1 Å². The van der Waals surface area contributed by atoms with Crippen molar-refractivity contribution < 1.29 is 29.0 Å². The zero-order valence-corrected chi connectivity index (χ0v) is 29.3. The predicted octanol–water partition coefficient (Wildman–Crippen LogP) is 6.82. The Morgan fingerprint density at radius 2 is 1.39 bits per heavy atom. The Morgan fingerprint density at radius 1 is 0.755 bits per heavy atom. The van der Waals surface area contributed by atoms with Gasteiger partial charge in [0.05, 0.1) is 0 Å². The Balaban J connectivity index is 0.968. The maximum atomic E-state index is 12.6. The number of nitrogens with one attached hydrogen (secondary N) is 3. The lowest BCUT2D eigenvalue weighted by molar-refractivity contribution is -0.139. The second-order valence-electron chi connectivity index (χ2n) is 12.1. The van der Waals surface area contributed by atoms with Crippen molar-refractivity contribution in [3.05, 3.63) is 128 Å². The van der Waals surface area contributed by atoms with E-state index in [0.717, 1.165) is 40.7 Å². The fourth-order valence-corrected chi connectivity index (χ4v) is 6.34. The Labute approximate surface area is 300 Å². The summed E-state index contributed by atoms with van der Waals surface area (Å²) in [6, 6.07) is 30.3.